The lowest BCUT2D eigenvalue weighted by Gasteiger charge is -2.15. The number of aromatic amines is 1. The van der Waals surface area contributed by atoms with Crippen molar-refractivity contribution in [3.05, 3.63) is 18.0 Å². The third kappa shape index (κ3) is 3.57. The molecular formula is C10H17N3O3S. The average molecular weight is 259 g/mol. The fourth-order valence-electron chi connectivity index (χ4n) is 1.36. The molecule has 1 aromatic rings. The maximum Gasteiger partial charge on any atom is 0.270 e. The van der Waals surface area contributed by atoms with E-state index in [-0.39, 0.29) is 16.5 Å². The van der Waals surface area contributed by atoms with Gasteiger partial charge in [0.05, 0.1) is 4.90 Å². The van der Waals surface area contributed by atoms with Crippen LogP contribution in [0.25, 0.3) is 0 Å². The number of carbonyl (C=O) groups is 1. The first-order valence-corrected chi connectivity index (χ1v) is 6.87. The first-order chi connectivity index (χ1) is 7.86. The van der Waals surface area contributed by atoms with E-state index in [4.69, 9.17) is 5.14 Å². The number of unbranched alkanes of at least 4 members (excludes halogenated alkanes) is 1. The Hall–Kier alpha value is -1.34. The highest BCUT2D eigenvalue weighted by atomic mass is 32.2. The second-order valence-corrected chi connectivity index (χ2v) is 5.44. The molecule has 0 unspecified atom stereocenters. The van der Waals surface area contributed by atoms with Gasteiger partial charge in [0.15, 0.2) is 0 Å². The molecule has 0 saturated heterocycles. The lowest BCUT2D eigenvalue weighted by molar-refractivity contribution is 0.0788. The number of amides is 1. The van der Waals surface area contributed by atoms with Crippen molar-refractivity contribution in [1.29, 1.82) is 0 Å². The van der Waals surface area contributed by atoms with Crippen molar-refractivity contribution in [2.24, 2.45) is 5.14 Å². The molecule has 0 aliphatic rings. The van der Waals surface area contributed by atoms with Gasteiger partial charge < -0.3 is 9.88 Å². The highest BCUT2D eigenvalue weighted by molar-refractivity contribution is 7.89. The number of H-pyrrole nitrogens is 1. The molecule has 3 N–H and O–H groups in total. The van der Waals surface area contributed by atoms with Crippen LogP contribution in [0.2, 0.25) is 0 Å². The summed E-state index contributed by atoms with van der Waals surface area (Å²) >= 11 is 0. The lowest BCUT2D eigenvalue weighted by Crippen LogP contribution is -2.27. The Labute approximate surface area is 101 Å². The topological polar surface area (TPSA) is 96.3 Å². The summed E-state index contributed by atoms with van der Waals surface area (Å²) in [7, 11) is -2.08. The number of hydrogen-bond donors (Lipinski definition) is 2. The molecule has 0 aromatic carbocycles. The van der Waals surface area contributed by atoms with E-state index in [1.165, 1.54) is 12.3 Å². The van der Waals surface area contributed by atoms with Gasteiger partial charge in [-0.05, 0) is 12.5 Å². The van der Waals surface area contributed by atoms with E-state index in [0.29, 0.717) is 6.54 Å². The SMILES string of the molecule is CCCCN(C)C(=O)c1cc(S(N)(=O)=O)c[nH]1. The van der Waals surface area contributed by atoms with E-state index in [9.17, 15) is 13.2 Å². The Morgan fingerprint density at radius 3 is 2.65 bits per heavy atom. The van der Waals surface area contributed by atoms with Crippen LogP contribution >= 0.6 is 0 Å². The molecule has 0 spiro atoms. The Morgan fingerprint density at radius 1 is 1.53 bits per heavy atom. The Bertz CT molecular complexity index is 493. The van der Waals surface area contributed by atoms with Gasteiger partial charge in [-0.15, -0.1) is 0 Å². The summed E-state index contributed by atoms with van der Waals surface area (Å²) in [6.07, 6.45) is 3.12. The van der Waals surface area contributed by atoms with Gasteiger partial charge in [0.2, 0.25) is 10.0 Å². The molecule has 7 heteroatoms. The first-order valence-electron chi connectivity index (χ1n) is 5.33. The Morgan fingerprint density at radius 2 is 2.18 bits per heavy atom. The van der Waals surface area contributed by atoms with E-state index in [1.54, 1.807) is 11.9 Å². The van der Waals surface area contributed by atoms with Crippen LogP contribution in [-0.2, 0) is 10.0 Å². The minimum atomic E-state index is -3.76. The van der Waals surface area contributed by atoms with E-state index < -0.39 is 10.0 Å². The summed E-state index contributed by atoms with van der Waals surface area (Å²) in [6, 6.07) is 1.25. The van der Waals surface area contributed by atoms with Gasteiger partial charge >= 0.3 is 0 Å². The average Bonchev–Trinajstić information content (AvgIpc) is 2.73. The number of nitrogens with one attached hydrogen (secondary N) is 1. The number of sulfonamides is 1. The first kappa shape index (κ1) is 13.7. The van der Waals surface area contributed by atoms with Crippen molar-refractivity contribution in [2.45, 2.75) is 24.7 Å². The largest absolute Gasteiger partial charge is 0.356 e. The van der Waals surface area contributed by atoms with Gasteiger partial charge in [-0.1, -0.05) is 13.3 Å². The maximum absolute atomic E-state index is 11.8. The number of rotatable bonds is 5. The van der Waals surface area contributed by atoms with Gasteiger partial charge in [-0.2, -0.15) is 0 Å². The lowest BCUT2D eigenvalue weighted by atomic mass is 10.3. The second-order valence-electron chi connectivity index (χ2n) is 3.87. The molecular weight excluding hydrogens is 242 g/mol. The Balaban J connectivity index is 2.80. The number of carbonyl (C=O) groups excluding carboxylic acids is 1. The zero-order valence-electron chi connectivity index (χ0n) is 9.93. The molecule has 6 nitrogen and oxygen atoms in total. The highest BCUT2D eigenvalue weighted by Gasteiger charge is 2.17. The van der Waals surface area contributed by atoms with Crippen LogP contribution in [0.3, 0.4) is 0 Å². The second kappa shape index (κ2) is 5.33. The summed E-state index contributed by atoms with van der Waals surface area (Å²) < 4.78 is 22.1. The number of primary sulfonamides is 1. The molecule has 0 bridgehead atoms. The van der Waals surface area contributed by atoms with Gasteiger partial charge in [0, 0.05) is 19.8 Å². The summed E-state index contributed by atoms with van der Waals surface area (Å²) in [5.74, 6) is -0.242. The smallest absolute Gasteiger partial charge is 0.270 e. The summed E-state index contributed by atoms with van der Waals surface area (Å²) in [5.41, 5.74) is 0.229. The minimum absolute atomic E-state index is 0.0789. The zero-order valence-corrected chi connectivity index (χ0v) is 10.8. The van der Waals surface area contributed by atoms with Crippen LogP contribution in [0.1, 0.15) is 30.3 Å². The summed E-state index contributed by atoms with van der Waals surface area (Å²) in [6.45, 7) is 2.67. The molecule has 96 valence electrons. The molecule has 1 amide bonds. The summed E-state index contributed by atoms with van der Waals surface area (Å²) in [5, 5.41) is 4.95. The van der Waals surface area contributed by atoms with Crippen molar-refractivity contribution in [1.82, 2.24) is 9.88 Å². The molecule has 0 fully saturated rings. The van der Waals surface area contributed by atoms with Crippen molar-refractivity contribution in [3.63, 3.8) is 0 Å². The van der Waals surface area contributed by atoms with Crippen molar-refractivity contribution in [2.75, 3.05) is 13.6 Å². The quantitative estimate of drug-likeness (QED) is 0.807. The van der Waals surface area contributed by atoms with Gasteiger partial charge in [-0.25, -0.2) is 13.6 Å². The molecule has 0 aliphatic carbocycles. The predicted molar refractivity (Wildman–Crippen MR) is 64.0 cm³/mol. The van der Waals surface area contributed by atoms with Crippen molar-refractivity contribution >= 4 is 15.9 Å². The van der Waals surface area contributed by atoms with E-state index in [1.807, 2.05) is 6.92 Å². The summed E-state index contributed by atoms with van der Waals surface area (Å²) in [4.78, 5) is 15.9. The molecule has 0 saturated carbocycles. The molecule has 0 aliphatic heterocycles. The van der Waals surface area contributed by atoms with Crippen LogP contribution in [0, 0.1) is 0 Å². The number of nitrogens with zero attached hydrogens (tertiary/aromatic N) is 1. The number of aromatic nitrogens is 1. The fourth-order valence-corrected chi connectivity index (χ4v) is 1.87. The zero-order chi connectivity index (χ0) is 13.1. The predicted octanol–water partition coefficient (Wildman–Crippen LogP) is 0.534. The van der Waals surface area contributed by atoms with Crippen LogP contribution in [0.5, 0.6) is 0 Å². The number of hydrogen-bond acceptors (Lipinski definition) is 3. The fraction of sp³-hybridized carbons (Fsp3) is 0.500. The molecule has 0 atom stereocenters. The molecule has 0 radical (unpaired) electrons. The number of nitrogens with two attached hydrogens (primary N) is 1. The maximum atomic E-state index is 11.8. The molecule has 1 rings (SSSR count). The van der Waals surface area contributed by atoms with E-state index in [0.717, 1.165) is 12.8 Å². The molecule has 1 aromatic heterocycles. The van der Waals surface area contributed by atoms with E-state index >= 15 is 0 Å². The van der Waals surface area contributed by atoms with Crippen LogP contribution in [-0.4, -0.2) is 37.8 Å². The van der Waals surface area contributed by atoms with Crippen LogP contribution in [0.15, 0.2) is 17.2 Å². The molecule has 17 heavy (non-hydrogen) atoms. The monoisotopic (exact) mass is 259 g/mol. The standard InChI is InChI=1S/C10H17N3O3S/c1-3-4-5-13(2)10(14)9-6-8(7-12-9)17(11,15)16/h6-7,12H,3-5H2,1-2H3,(H2,11,15,16). The van der Waals surface area contributed by atoms with Crippen molar-refractivity contribution in [3.8, 4) is 0 Å². The third-order valence-electron chi connectivity index (χ3n) is 2.41. The highest BCUT2D eigenvalue weighted by Crippen LogP contribution is 2.10. The van der Waals surface area contributed by atoms with Gasteiger partial charge in [0.1, 0.15) is 5.69 Å². The van der Waals surface area contributed by atoms with Gasteiger partial charge in [-0.3, -0.25) is 4.79 Å². The van der Waals surface area contributed by atoms with Crippen LogP contribution < -0.4 is 5.14 Å². The van der Waals surface area contributed by atoms with Gasteiger partial charge in [0.25, 0.3) is 5.91 Å². The van der Waals surface area contributed by atoms with E-state index in [2.05, 4.69) is 4.98 Å². The Kier molecular flexibility index (Phi) is 4.30. The minimum Gasteiger partial charge on any atom is -0.356 e. The van der Waals surface area contributed by atoms with Crippen LogP contribution in [0.4, 0.5) is 0 Å². The normalized spacial score (nSPS) is 11.5. The van der Waals surface area contributed by atoms with Crippen molar-refractivity contribution < 1.29 is 13.2 Å². The third-order valence-corrected chi connectivity index (χ3v) is 3.30. The molecule has 1 heterocycles.